The second kappa shape index (κ2) is 8.85. The van der Waals surface area contributed by atoms with E-state index in [-0.39, 0.29) is 17.7 Å². The van der Waals surface area contributed by atoms with Crippen molar-refractivity contribution in [2.75, 3.05) is 11.9 Å². The van der Waals surface area contributed by atoms with Gasteiger partial charge in [0.2, 0.25) is 5.91 Å². The molecule has 3 amide bonds. The molecule has 0 bridgehead atoms. The van der Waals surface area contributed by atoms with Crippen molar-refractivity contribution in [3.63, 3.8) is 0 Å². The lowest BCUT2D eigenvalue weighted by molar-refractivity contribution is -0.120. The number of rotatable bonds is 6. The molecule has 0 saturated carbocycles. The minimum atomic E-state index is -0.760. The number of nitrogens with two attached hydrogens (primary N) is 1. The number of benzene rings is 3. The first-order chi connectivity index (χ1) is 15.3. The van der Waals surface area contributed by atoms with Crippen LogP contribution in [0.25, 0.3) is 0 Å². The molecule has 32 heavy (non-hydrogen) atoms. The summed E-state index contributed by atoms with van der Waals surface area (Å²) in [6.07, 6.45) is 0. The van der Waals surface area contributed by atoms with E-state index in [4.69, 9.17) is 17.3 Å². The monoisotopic (exact) mass is 447 g/mol. The van der Waals surface area contributed by atoms with Gasteiger partial charge in [0.1, 0.15) is 6.04 Å². The summed E-state index contributed by atoms with van der Waals surface area (Å²) in [7, 11) is 0. The van der Waals surface area contributed by atoms with Crippen LogP contribution in [0.15, 0.2) is 72.8 Å². The Morgan fingerprint density at radius 1 is 1.03 bits per heavy atom. The molecule has 0 saturated heterocycles. The van der Waals surface area contributed by atoms with Crippen LogP contribution in [0, 0.1) is 0 Å². The lowest BCUT2D eigenvalue weighted by atomic mass is 9.99. The maximum absolute atomic E-state index is 13.3. The normalized spacial score (nSPS) is 15.9. The van der Waals surface area contributed by atoms with Gasteiger partial charge in [-0.15, -0.1) is 0 Å². The van der Waals surface area contributed by atoms with Crippen LogP contribution in [0.3, 0.4) is 0 Å². The third-order valence-corrected chi connectivity index (χ3v) is 5.91. The van der Waals surface area contributed by atoms with E-state index >= 15 is 0 Å². The zero-order chi connectivity index (χ0) is 22.8. The van der Waals surface area contributed by atoms with Gasteiger partial charge >= 0.3 is 0 Å². The maximum Gasteiger partial charge on any atom is 0.255 e. The molecule has 3 aromatic rings. The summed E-state index contributed by atoms with van der Waals surface area (Å²) < 4.78 is 0. The largest absolute Gasteiger partial charge is 0.366 e. The molecule has 3 N–H and O–H groups in total. The van der Waals surface area contributed by atoms with E-state index in [0.29, 0.717) is 33.9 Å². The number of fused-ring (bicyclic) bond motifs is 1. The zero-order valence-corrected chi connectivity index (χ0v) is 18.2. The second-order valence-corrected chi connectivity index (χ2v) is 8.27. The molecule has 0 radical (unpaired) electrons. The third-order valence-electron chi connectivity index (χ3n) is 5.65. The molecule has 162 valence electrons. The third kappa shape index (κ3) is 4.22. The van der Waals surface area contributed by atoms with Crippen LogP contribution in [0.2, 0.25) is 5.02 Å². The fourth-order valence-corrected chi connectivity index (χ4v) is 4.09. The van der Waals surface area contributed by atoms with Gasteiger partial charge in [0, 0.05) is 28.4 Å². The first kappa shape index (κ1) is 21.6. The lowest BCUT2D eigenvalue weighted by Gasteiger charge is -2.27. The molecule has 6 nitrogen and oxygen atoms in total. The Kier molecular flexibility index (Phi) is 5.97. The van der Waals surface area contributed by atoms with Gasteiger partial charge in [0.05, 0.1) is 0 Å². The van der Waals surface area contributed by atoms with Crippen molar-refractivity contribution < 1.29 is 14.4 Å². The molecule has 1 aliphatic heterocycles. The smallest absolute Gasteiger partial charge is 0.255 e. The quantitative estimate of drug-likeness (QED) is 0.587. The summed E-state index contributed by atoms with van der Waals surface area (Å²) in [4.78, 5) is 39.4. The van der Waals surface area contributed by atoms with Crippen molar-refractivity contribution in [3.05, 3.63) is 100 Å². The molecule has 0 spiro atoms. The van der Waals surface area contributed by atoms with Gasteiger partial charge in [-0.25, -0.2) is 0 Å². The standard InChI is InChI=1S/C25H22ClN3O3/c1-15(16-6-10-18(26)11-7-16)14-29-22(20-4-2-3-5-21(20)25(29)32)24(31)28-19-12-8-17(9-13-19)23(27)30/h2-13,15,22H,14H2,1H3,(H2,27,30)(H,28,31). The fraction of sp³-hybridized carbons (Fsp3) is 0.160. The topological polar surface area (TPSA) is 92.5 Å². The second-order valence-electron chi connectivity index (χ2n) is 7.83. The van der Waals surface area contributed by atoms with E-state index in [0.717, 1.165) is 5.56 Å². The Bertz CT molecular complexity index is 1180. The number of nitrogens with zero attached hydrogens (tertiary/aromatic N) is 1. The van der Waals surface area contributed by atoms with E-state index in [1.165, 1.54) is 0 Å². The first-order valence-electron chi connectivity index (χ1n) is 10.2. The molecule has 4 rings (SSSR count). The van der Waals surface area contributed by atoms with Crippen LogP contribution in [-0.2, 0) is 4.79 Å². The predicted molar refractivity (Wildman–Crippen MR) is 124 cm³/mol. The van der Waals surface area contributed by atoms with E-state index in [1.54, 1.807) is 47.4 Å². The van der Waals surface area contributed by atoms with Crippen LogP contribution in [0.1, 0.15) is 50.7 Å². The van der Waals surface area contributed by atoms with E-state index < -0.39 is 11.9 Å². The molecule has 1 aliphatic rings. The molecule has 7 heteroatoms. The van der Waals surface area contributed by atoms with Crippen LogP contribution < -0.4 is 11.1 Å². The molecular weight excluding hydrogens is 426 g/mol. The molecule has 0 aliphatic carbocycles. The highest BCUT2D eigenvalue weighted by Crippen LogP contribution is 2.36. The van der Waals surface area contributed by atoms with Crippen molar-refractivity contribution in [2.45, 2.75) is 18.9 Å². The zero-order valence-electron chi connectivity index (χ0n) is 17.4. The molecule has 3 aromatic carbocycles. The summed E-state index contributed by atoms with van der Waals surface area (Å²) in [5.74, 6) is -1.04. The minimum absolute atomic E-state index is 0.00400. The van der Waals surface area contributed by atoms with Crippen LogP contribution in [0.5, 0.6) is 0 Å². The van der Waals surface area contributed by atoms with Gasteiger partial charge < -0.3 is 16.0 Å². The van der Waals surface area contributed by atoms with Gasteiger partial charge in [-0.3, -0.25) is 14.4 Å². The average Bonchev–Trinajstić information content (AvgIpc) is 3.06. The summed E-state index contributed by atoms with van der Waals surface area (Å²) in [5.41, 5.74) is 8.37. The molecule has 0 fully saturated rings. The SMILES string of the molecule is CC(CN1C(=O)c2ccccc2C1C(=O)Nc1ccc(C(N)=O)cc1)c1ccc(Cl)cc1. The van der Waals surface area contributed by atoms with E-state index in [9.17, 15) is 14.4 Å². The molecule has 2 unspecified atom stereocenters. The van der Waals surface area contributed by atoms with Gasteiger partial charge in [-0.1, -0.05) is 48.9 Å². The number of hydrogen-bond donors (Lipinski definition) is 2. The highest BCUT2D eigenvalue weighted by molar-refractivity contribution is 6.30. The number of nitrogens with one attached hydrogen (secondary N) is 1. The molecule has 2 atom stereocenters. The number of amides is 3. The van der Waals surface area contributed by atoms with Crippen molar-refractivity contribution in [1.82, 2.24) is 4.90 Å². The molecule has 1 heterocycles. The van der Waals surface area contributed by atoms with Crippen molar-refractivity contribution in [3.8, 4) is 0 Å². The molecular formula is C25H22ClN3O3. The fourth-order valence-electron chi connectivity index (χ4n) is 3.96. The Balaban J connectivity index is 1.60. The van der Waals surface area contributed by atoms with E-state index in [2.05, 4.69) is 5.32 Å². The highest BCUT2D eigenvalue weighted by Gasteiger charge is 2.41. The van der Waals surface area contributed by atoms with Crippen LogP contribution >= 0.6 is 11.6 Å². The predicted octanol–water partition coefficient (Wildman–Crippen LogP) is 4.38. The summed E-state index contributed by atoms with van der Waals surface area (Å²) in [6, 6.07) is 20.2. The van der Waals surface area contributed by atoms with E-state index in [1.807, 2.05) is 37.3 Å². The van der Waals surface area contributed by atoms with Crippen LogP contribution in [-0.4, -0.2) is 29.2 Å². The lowest BCUT2D eigenvalue weighted by Crippen LogP contribution is -2.38. The Morgan fingerprint density at radius 2 is 1.69 bits per heavy atom. The average molecular weight is 448 g/mol. The number of anilines is 1. The van der Waals surface area contributed by atoms with Gasteiger partial charge in [0.15, 0.2) is 0 Å². The van der Waals surface area contributed by atoms with Crippen molar-refractivity contribution in [1.29, 1.82) is 0 Å². The Morgan fingerprint density at radius 3 is 2.34 bits per heavy atom. The maximum atomic E-state index is 13.3. The van der Waals surface area contributed by atoms with Crippen molar-refractivity contribution >= 4 is 35.0 Å². The van der Waals surface area contributed by atoms with Gasteiger partial charge in [-0.2, -0.15) is 0 Å². The first-order valence-corrected chi connectivity index (χ1v) is 10.6. The van der Waals surface area contributed by atoms with Gasteiger partial charge in [0.25, 0.3) is 11.8 Å². The summed E-state index contributed by atoms with van der Waals surface area (Å²) in [5, 5.41) is 3.50. The van der Waals surface area contributed by atoms with Crippen molar-refractivity contribution in [2.24, 2.45) is 5.73 Å². The summed E-state index contributed by atoms with van der Waals surface area (Å²) >= 11 is 6.00. The molecule has 0 aromatic heterocycles. The Labute approximate surface area is 191 Å². The number of carbonyl (C=O) groups excluding carboxylic acids is 3. The Hall–Kier alpha value is -3.64. The highest BCUT2D eigenvalue weighted by atomic mass is 35.5. The summed E-state index contributed by atoms with van der Waals surface area (Å²) in [6.45, 7) is 2.38. The number of halogens is 1. The van der Waals surface area contributed by atoms with Crippen LogP contribution in [0.4, 0.5) is 5.69 Å². The number of carbonyl (C=O) groups is 3. The minimum Gasteiger partial charge on any atom is -0.366 e. The number of primary amides is 1. The van der Waals surface area contributed by atoms with Gasteiger partial charge in [-0.05, 0) is 59.5 Å². The number of hydrogen-bond acceptors (Lipinski definition) is 3.